The van der Waals surface area contributed by atoms with Crippen molar-refractivity contribution in [2.75, 3.05) is 6.26 Å². The Bertz CT molecular complexity index is 550. The van der Waals surface area contributed by atoms with E-state index in [1.165, 1.54) is 23.9 Å². The van der Waals surface area contributed by atoms with Gasteiger partial charge in [-0.15, -0.1) is 10.2 Å². The van der Waals surface area contributed by atoms with Gasteiger partial charge in [0.15, 0.2) is 5.82 Å². The topological polar surface area (TPSA) is 43.1 Å². The second-order valence-corrected chi connectivity index (χ2v) is 4.12. The molecule has 0 N–H and O–H groups in total. The van der Waals surface area contributed by atoms with Gasteiger partial charge in [0.25, 0.3) is 0 Å². The molecule has 0 fully saturated rings. The number of aromatic nitrogens is 3. The first-order chi connectivity index (χ1) is 8.20. The van der Waals surface area contributed by atoms with Crippen LogP contribution in [0.1, 0.15) is 11.4 Å². The molecule has 4 nitrogen and oxygen atoms in total. The summed E-state index contributed by atoms with van der Waals surface area (Å²) in [6.45, 7) is 1.82. The number of benzene rings is 1. The molecular weight excluding hydrogens is 239 g/mol. The van der Waals surface area contributed by atoms with Crippen LogP contribution < -0.4 is 0 Å². The van der Waals surface area contributed by atoms with E-state index in [0.717, 1.165) is 0 Å². The van der Waals surface area contributed by atoms with Gasteiger partial charge in [-0.1, -0.05) is 23.9 Å². The van der Waals surface area contributed by atoms with Crippen molar-refractivity contribution >= 4 is 18.0 Å². The summed E-state index contributed by atoms with van der Waals surface area (Å²) in [6, 6.07) is 6.24. The van der Waals surface area contributed by atoms with Crippen molar-refractivity contribution < 1.29 is 4.39 Å². The molecule has 0 aliphatic carbocycles. The first-order valence-corrected chi connectivity index (χ1v) is 6.19. The SMILES string of the molecule is CSc1nnc(C)n1/N=C\c1cccc(F)c1. The van der Waals surface area contributed by atoms with E-state index in [4.69, 9.17) is 0 Å². The van der Waals surface area contributed by atoms with Gasteiger partial charge in [0.05, 0.1) is 6.21 Å². The van der Waals surface area contributed by atoms with E-state index >= 15 is 0 Å². The fourth-order valence-electron chi connectivity index (χ4n) is 1.31. The Kier molecular flexibility index (Phi) is 3.53. The van der Waals surface area contributed by atoms with Crippen LogP contribution in [0.3, 0.4) is 0 Å². The molecule has 2 rings (SSSR count). The van der Waals surface area contributed by atoms with Crippen molar-refractivity contribution in [3.05, 3.63) is 41.5 Å². The van der Waals surface area contributed by atoms with E-state index in [2.05, 4.69) is 15.3 Å². The van der Waals surface area contributed by atoms with E-state index in [-0.39, 0.29) is 5.82 Å². The van der Waals surface area contributed by atoms with Crippen LogP contribution in [0.5, 0.6) is 0 Å². The number of aryl methyl sites for hydroxylation is 1. The average Bonchev–Trinajstić information content (AvgIpc) is 2.67. The molecule has 2 aromatic rings. The van der Waals surface area contributed by atoms with Gasteiger partial charge in [0.2, 0.25) is 5.16 Å². The molecule has 0 bridgehead atoms. The van der Waals surface area contributed by atoms with Gasteiger partial charge in [-0.25, -0.2) is 4.39 Å². The number of nitrogens with zero attached hydrogens (tertiary/aromatic N) is 4. The number of thioether (sulfide) groups is 1. The summed E-state index contributed by atoms with van der Waals surface area (Å²) >= 11 is 1.46. The summed E-state index contributed by atoms with van der Waals surface area (Å²) in [6.07, 6.45) is 3.48. The molecule has 1 heterocycles. The molecule has 17 heavy (non-hydrogen) atoms. The summed E-state index contributed by atoms with van der Waals surface area (Å²) in [5.41, 5.74) is 0.699. The van der Waals surface area contributed by atoms with Gasteiger partial charge < -0.3 is 0 Å². The maximum Gasteiger partial charge on any atom is 0.211 e. The van der Waals surface area contributed by atoms with Crippen LogP contribution in [0.4, 0.5) is 4.39 Å². The summed E-state index contributed by atoms with van der Waals surface area (Å²) in [5.74, 6) is 0.418. The van der Waals surface area contributed by atoms with Gasteiger partial charge in [-0.2, -0.15) is 9.78 Å². The molecule has 0 amide bonds. The maximum absolute atomic E-state index is 13.0. The monoisotopic (exact) mass is 250 g/mol. The zero-order chi connectivity index (χ0) is 12.3. The lowest BCUT2D eigenvalue weighted by atomic mass is 10.2. The molecule has 0 unspecified atom stereocenters. The average molecular weight is 250 g/mol. The molecule has 0 saturated carbocycles. The molecule has 1 aromatic heterocycles. The first-order valence-electron chi connectivity index (χ1n) is 4.96. The van der Waals surface area contributed by atoms with Gasteiger partial charge in [0, 0.05) is 0 Å². The van der Waals surface area contributed by atoms with E-state index in [9.17, 15) is 4.39 Å². The summed E-state index contributed by atoms with van der Waals surface area (Å²) in [4.78, 5) is 0. The molecule has 0 spiro atoms. The smallest absolute Gasteiger partial charge is 0.207 e. The highest BCUT2D eigenvalue weighted by atomic mass is 32.2. The minimum atomic E-state index is -0.278. The lowest BCUT2D eigenvalue weighted by Crippen LogP contribution is -1.95. The Morgan fingerprint density at radius 3 is 2.94 bits per heavy atom. The number of hydrogen-bond acceptors (Lipinski definition) is 4. The lowest BCUT2D eigenvalue weighted by Gasteiger charge is -1.98. The van der Waals surface area contributed by atoms with E-state index in [0.29, 0.717) is 16.5 Å². The Hall–Kier alpha value is -1.69. The van der Waals surface area contributed by atoms with Crippen molar-refractivity contribution in [1.82, 2.24) is 14.9 Å². The first kappa shape index (κ1) is 11.8. The van der Waals surface area contributed by atoms with Crippen molar-refractivity contribution in [2.24, 2.45) is 5.10 Å². The summed E-state index contributed by atoms with van der Waals surface area (Å²) in [7, 11) is 0. The predicted molar refractivity (Wildman–Crippen MR) is 65.9 cm³/mol. The van der Waals surface area contributed by atoms with Crippen molar-refractivity contribution in [3.63, 3.8) is 0 Å². The third kappa shape index (κ3) is 2.71. The standard InChI is InChI=1S/C11H11FN4S/c1-8-14-15-11(17-2)16(8)13-7-9-4-3-5-10(12)6-9/h3-7H,1-2H3/b13-7-. The Morgan fingerprint density at radius 1 is 1.41 bits per heavy atom. The lowest BCUT2D eigenvalue weighted by molar-refractivity contribution is 0.627. The van der Waals surface area contributed by atoms with Crippen LogP contribution >= 0.6 is 11.8 Å². The predicted octanol–water partition coefficient (Wildman–Crippen LogP) is 2.33. The number of hydrogen-bond donors (Lipinski definition) is 0. The highest BCUT2D eigenvalue weighted by Gasteiger charge is 2.05. The van der Waals surface area contributed by atoms with Crippen LogP contribution in [-0.2, 0) is 0 Å². The second-order valence-electron chi connectivity index (χ2n) is 3.35. The Labute approximate surface area is 103 Å². The highest BCUT2D eigenvalue weighted by molar-refractivity contribution is 7.98. The molecule has 1 aromatic carbocycles. The molecule has 0 aliphatic rings. The molecule has 6 heteroatoms. The Balaban J connectivity index is 2.28. The fourth-order valence-corrected chi connectivity index (χ4v) is 1.78. The molecule has 0 saturated heterocycles. The Morgan fingerprint density at radius 2 is 2.24 bits per heavy atom. The molecule has 88 valence electrons. The fraction of sp³-hybridized carbons (Fsp3) is 0.182. The minimum Gasteiger partial charge on any atom is -0.207 e. The molecule has 0 aliphatic heterocycles. The summed E-state index contributed by atoms with van der Waals surface area (Å²) in [5, 5.41) is 12.8. The zero-order valence-electron chi connectivity index (χ0n) is 9.46. The zero-order valence-corrected chi connectivity index (χ0v) is 10.3. The van der Waals surface area contributed by atoms with E-state index in [1.807, 2.05) is 13.2 Å². The van der Waals surface area contributed by atoms with Gasteiger partial charge >= 0.3 is 0 Å². The van der Waals surface area contributed by atoms with Crippen LogP contribution in [0.15, 0.2) is 34.5 Å². The largest absolute Gasteiger partial charge is 0.211 e. The minimum absolute atomic E-state index is 0.278. The van der Waals surface area contributed by atoms with E-state index < -0.39 is 0 Å². The highest BCUT2D eigenvalue weighted by Crippen LogP contribution is 2.12. The van der Waals surface area contributed by atoms with Gasteiger partial charge in [-0.3, -0.25) is 0 Å². The normalized spacial score (nSPS) is 11.2. The van der Waals surface area contributed by atoms with Gasteiger partial charge in [-0.05, 0) is 30.9 Å². The van der Waals surface area contributed by atoms with Crippen LogP contribution in [0.2, 0.25) is 0 Å². The number of rotatable bonds is 3. The third-order valence-electron chi connectivity index (χ3n) is 2.12. The van der Waals surface area contributed by atoms with E-state index in [1.54, 1.807) is 23.0 Å². The van der Waals surface area contributed by atoms with Crippen molar-refractivity contribution in [1.29, 1.82) is 0 Å². The molecule has 0 radical (unpaired) electrons. The quantitative estimate of drug-likeness (QED) is 0.620. The molecular formula is C11H11FN4S. The van der Waals surface area contributed by atoms with Crippen LogP contribution in [-0.4, -0.2) is 27.3 Å². The maximum atomic E-state index is 13.0. The van der Waals surface area contributed by atoms with Crippen molar-refractivity contribution in [3.8, 4) is 0 Å². The third-order valence-corrected chi connectivity index (χ3v) is 2.74. The van der Waals surface area contributed by atoms with Crippen molar-refractivity contribution in [2.45, 2.75) is 12.1 Å². The molecule has 0 atom stereocenters. The summed E-state index contributed by atoms with van der Waals surface area (Å²) < 4.78 is 14.6. The second kappa shape index (κ2) is 5.09. The van der Waals surface area contributed by atoms with Crippen LogP contribution in [0.25, 0.3) is 0 Å². The van der Waals surface area contributed by atoms with Gasteiger partial charge in [0.1, 0.15) is 5.82 Å². The number of halogens is 1. The van der Waals surface area contributed by atoms with Crippen LogP contribution in [0, 0.1) is 12.7 Å².